The van der Waals surface area contributed by atoms with Gasteiger partial charge in [0.2, 0.25) is 5.91 Å². The van der Waals surface area contributed by atoms with Crippen molar-refractivity contribution < 1.29 is 23.8 Å². The highest BCUT2D eigenvalue weighted by Gasteiger charge is 2.22. The van der Waals surface area contributed by atoms with Crippen LogP contribution < -0.4 is 14.8 Å². The molecule has 0 unspecified atom stereocenters. The van der Waals surface area contributed by atoms with Crippen LogP contribution in [0.4, 0.5) is 10.5 Å². The van der Waals surface area contributed by atoms with Crippen LogP contribution in [0.1, 0.15) is 23.8 Å². The minimum Gasteiger partial charge on any atom is -0.493 e. The van der Waals surface area contributed by atoms with Gasteiger partial charge in [0.1, 0.15) is 6.54 Å². The van der Waals surface area contributed by atoms with E-state index < -0.39 is 0 Å². The Morgan fingerprint density at radius 1 is 0.974 bits per heavy atom. The van der Waals surface area contributed by atoms with Gasteiger partial charge in [-0.15, -0.1) is 11.3 Å². The van der Waals surface area contributed by atoms with E-state index in [1.165, 1.54) is 0 Å². The third-order valence-electron chi connectivity index (χ3n) is 6.01. The van der Waals surface area contributed by atoms with E-state index in [1.807, 2.05) is 71.8 Å². The number of methoxy groups -OCH3 is 2. The highest BCUT2D eigenvalue weighted by Crippen LogP contribution is 2.28. The van der Waals surface area contributed by atoms with Crippen LogP contribution in [0.15, 0.2) is 64.5 Å². The Morgan fingerprint density at radius 2 is 1.79 bits per heavy atom. The molecule has 1 aromatic heterocycles. The molecule has 0 saturated heterocycles. The largest absolute Gasteiger partial charge is 0.493 e. The first-order valence-electron chi connectivity index (χ1n) is 12.8. The zero-order chi connectivity index (χ0) is 28.0. The fraction of sp³-hybridized carbons (Fsp3) is 0.379. The molecule has 0 atom stereocenters. The van der Waals surface area contributed by atoms with E-state index in [9.17, 15) is 9.59 Å². The first-order chi connectivity index (χ1) is 18.9. The molecular weight excluding hydrogens is 582 g/mol. The van der Waals surface area contributed by atoms with Gasteiger partial charge in [-0.05, 0) is 67.1 Å². The van der Waals surface area contributed by atoms with Crippen molar-refractivity contribution in [2.24, 2.45) is 0 Å². The molecule has 210 valence electrons. The molecule has 0 bridgehead atoms. The standard InChI is InChI=1S/C29H36BrN3O5S/c1-4-38-16-7-14-33(29(35)31-24-9-5-8-23(30)19-24)21-28(34)32(20-25-10-6-17-39-25)15-13-22-11-12-26(36-2)27(18-22)37-3/h5-6,8-12,17-19H,4,7,13-16,20-21H2,1-3H3,(H,31,35). The molecule has 2 aromatic carbocycles. The number of benzene rings is 2. The lowest BCUT2D eigenvalue weighted by atomic mass is 10.1. The first-order valence-corrected chi connectivity index (χ1v) is 14.5. The van der Waals surface area contributed by atoms with E-state index in [2.05, 4.69) is 21.2 Å². The van der Waals surface area contributed by atoms with Gasteiger partial charge in [0.15, 0.2) is 11.5 Å². The van der Waals surface area contributed by atoms with Crippen LogP contribution in [0.2, 0.25) is 0 Å². The van der Waals surface area contributed by atoms with Crippen molar-refractivity contribution in [1.29, 1.82) is 0 Å². The Kier molecular flexibility index (Phi) is 12.6. The highest BCUT2D eigenvalue weighted by molar-refractivity contribution is 9.10. The topological polar surface area (TPSA) is 80.3 Å². The van der Waals surface area contributed by atoms with Gasteiger partial charge >= 0.3 is 6.03 Å². The molecule has 0 radical (unpaired) electrons. The SMILES string of the molecule is CCOCCCN(CC(=O)N(CCc1ccc(OC)c(OC)c1)Cc1cccs1)C(=O)Nc1cccc(Br)c1. The summed E-state index contributed by atoms with van der Waals surface area (Å²) in [5.41, 5.74) is 1.68. The number of nitrogens with zero attached hydrogens (tertiary/aromatic N) is 2. The molecule has 3 rings (SSSR count). The van der Waals surface area contributed by atoms with Gasteiger partial charge in [0.25, 0.3) is 0 Å². The summed E-state index contributed by atoms with van der Waals surface area (Å²) < 4.78 is 17.1. The molecule has 1 N–H and O–H groups in total. The number of rotatable bonds is 15. The lowest BCUT2D eigenvalue weighted by Crippen LogP contribution is -2.45. The van der Waals surface area contributed by atoms with Crippen molar-refractivity contribution in [3.05, 3.63) is 74.9 Å². The van der Waals surface area contributed by atoms with Crippen LogP contribution in [0, 0.1) is 0 Å². The Bertz CT molecular complexity index is 1190. The van der Waals surface area contributed by atoms with E-state index in [4.69, 9.17) is 14.2 Å². The monoisotopic (exact) mass is 617 g/mol. The van der Waals surface area contributed by atoms with E-state index >= 15 is 0 Å². The third kappa shape index (κ3) is 9.87. The van der Waals surface area contributed by atoms with Crippen molar-refractivity contribution >= 4 is 44.9 Å². The third-order valence-corrected chi connectivity index (χ3v) is 7.36. The predicted molar refractivity (Wildman–Crippen MR) is 159 cm³/mol. The molecule has 0 saturated carbocycles. The minimum atomic E-state index is -0.325. The lowest BCUT2D eigenvalue weighted by molar-refractivity contribution is -0.132. The number of amides is 3. The molecule has 1 heterocycles. The lowest BCUT2D eigenvalue weighted by Gasteiger charge is -2.28. The fourth-order valence-electron chi connectivity index (χ4n) is 3.97. The summed E-state index contributed by atoms with van der Waals surface area (Å²) in [4.78, 5) is 31.3. The second-order valence-corrected chi connectivity index (χ2v) is 10.7. The Balaban J connectivity index is 1.74. The van der Waals surface area contributed by atoms with Crippen molar-refractivity contribution in [3.63, 3.8) is 0 Å². The summed E-state index contributed by atoms with van der Waals surface area (Å²) in [6.07, 6.45) is 1.26. The van der Waals surface area contributed by atoms with Crippen LogP contribution in [0.5, 0.6) is 11.5 Å². The van der Waals surface area contributed by atoms with Crippen LogP contribution in [-0.4, -0.2) is 68.8 Å². The number of hydrogen-bond donors (Lipinski definition) is 1. The molecule has 0 aliphatic rings. The zero-order valence-electron chi connectivity index (χ0n) is 22.7. The average molecular weight is 619 g/mol. The maximum absolute atomic E-state index is 13.6. The number of carbonyl (C=O) groups excluding carboxylic acids is 2. The second kappa shape index (κ2) is 16.1. The van der Waals surface area contributed by atoms with E-state index in [0.29, 0.717) is 62.9 Å². The van der Waals surface area contributed by atoms with Crippen LogP contribution in [0.3, 0.4) is 0 Å². The van der Waals surface area contributed by atoms with Gasteiger partial charge in [-0.3, -0.25) is 4.79 Å². The molecule has 3 amide bonds. The van der Waals surface area contributed by atoms with Crippen molar-refractivity contribution in [2.45, 2.75) is 26.3 Å². The quantitative estimate of drug-likeness (QED) is 0.210. The van der Waals surface area contributed by atoms with Crippen molar-refractivity contribution in [1.82, 2.24) is 9.80 Å². The fourth-order valence-corrected chi connectivity index (χ4v) is 5.09. The minimum absolute atomic E-state index is 0.0384. The Morgan fingerprint density at radius 3 is 2.49 bits per heavy atom. The molecule has 3 aromatic rings. The number of anilines is 1. The van der Waals surface area contributed by atoms with Crippen molar-refractivity contribution in [2.75, 3.05) is 52.4 Å². The average Bonchev–Trinajstić information content (AvgIpc) is 3.45. The summed E-state index contributed by atoms with van der Waals surface area (Å²) in [6, 6.07) is 16.8. The maximum Gasteiger partial charge on any atom is 0.322 e. The van der Waals surface area contributed by atoms with Gasteiger partial charge in [-0.2, -0.15) is 0 Å². The summed E-state index contributed by atoms with van der Waals surface area (Å²) in [5.74, 6) is 1.19. The summed E-state index contributed by atoms with van der Waals surface area (Å²) >= 11 is 5.04. The van der Waals surface area contributed by atoms with Crippen LogP contribution in [-0.2, 0) is 22.5 Å². The summed E-state index contributed by atoms with van der Waals surface area (Å²) in [5, 5.41) is 4.91. The van der Waals surface area contributed by atoms with Crippen LogP contribution in [0.25, 0.3) is 0 Å². The Labute approximate surface area is 243 Å². The first kappa shape index (κ1) is 30.5. The molecule has 0 aliphatic carbocycles. The summed E-state index contributed by atoms with van der Waals surface area (Å²) in [6.45, 7) is 4.38. The maximum atomic E-state index is 13.6. The van der Waals surface area contributed by atoms with E-state index in [1.54, 1.807) is 30.5 Å². The van der Waals surface area contributed by atoms with Gasteiger partial charge in [-0.25, -0.2) is 4.79 Å². The number of thiophene rings is 1. The number of hydrogen-bond acceptors (Lipinski definition) is 6. The highest BCUT2D eigenvalue weighted by atomic mass is 79.9. The van der Waals surface area contributed by atoms with E-state index in [-0.39, 0.29) is 18.5 Å². The number of halogens is 1. The number of carbonyl (C=O) groups is 2. The van der Waals surface area contributed by atoms with Gasteiger partial charge in [0, 0.05) is 41.3 Å². The number of nitrogens with one attached hydrogen (secondary N) is 1. The number of urea groups is 1. The van der Waals surface area contributed by atoms with Crippen LogP contribution >= 0.6 is 27.3 Å². The van der Waals surface area contributed by atoms with Crippen molar-refractivity contribution in [3.8, 4) is 11.5 Å². The molecule has 0 fully saturated rings. The predicted octanol–water partition coefficient (Wildman–Crippen LogP) is 6.06. The molecular formula is C29H36BrN3O5S. The zero-order valence-corrected chi connectivity index (χ0v) is 25.1. The normalized spacial score (nSPS) is 10.7. The van der Waals surface area contributed by atoms with Gasteiger partial charge < -0.3 is 29.3 Å². The second-order valence-electron chi connectivity index (χ2n) is 8.75. The molecule has 0 aliphatic heterocycles. The van der Waals surface area contributed by atoms with E-state index in [0.717, 1.165) is 14.9 Å². The molecule has 10 heteroatoms. The summed E-state index contributed by atoms with van der Waals surface area (Å²) in [7, 11) is 3.21. The molecule has 8 nitrogen and oxygen atoms in total. The van der Waals surface area contributed by atoms with Gasteiger partial charge in [0.05, 0.1) is 20.8 Å². The van der Waals surface area contributed by atoms with Gasteiger partial charge in [-0.1, -0.05) is 34.1 Å². The Hall–Kier alpha value is -3.08. The molecule has 39 heavy (non-hydrogen) atoms. The number of ether oxygens (including phenoxy) is 3. The molecule has 0 spiro atoms. The smallest absolute Gasteiger partial charge is 0.322 e.